The second-order valence-corrected chi connectivity index (χ2v) is 4.33. The number of benzene rings is 1. The second kappa shape index (κ2) is 4.35. The molecule has 0 saturated carbocycles. The number of fused-ring (bicyclic) bond motifs is 1. The van der Waals surface area contributed by atoms with E-state index in [9.17, 15) is 0 Å². The first-order valence-electron chi connectivity index (χ1n) is 5.52. The van der Waals surface area contributed by atoms with Crippen LogP contribution in [0.2, 0.25) is 5.02 Å². The molecule has 90 valence electrons. The molecule has 0 aliphatic heterocycles. The van der Waals surface area contributed by atoms with Crippen LogP contribution in [0.1, 0.15) is 0 Å². The van der Waals surface area contributed by atoms with Crippen LogP contribution in [-0.4, -0.2) is 7.11 Å². The van der Waals surface area contributed by atoms with Crippen molar-refractivity contribution in [2.75, 3.05) is 7.11 Å². The lowest BCUT2D eigenvalue weighted by Gasteiger charge is -2.04. The molecular formula is C14H11ClNO2+. The van der Waals surface area contributed by atoms with Crippen molar-refractivity contribution in [2.45, 2.75) is 0 Å². The van der Waals surface area contributed by atoms with Gasteiger partial charge in [-0.15, -0.1) is 0 Å². The van der Waals surface area contributed by atoms with E-state index in [4.69, 9.17) is 20.9 Å². The van der Waals surface area contributed by atoms with Crippen molar-refractivity contribution in [1.82, 2.24) is 0 Å². The van der Waals surface area contributed by atoms with E-state index in [2.05, 4.69) is 0 Å². The summed E-state index contributed by atoms with van der Waals surface area (Å²) in [6, 6.07) is 13.3. The van der Waals surface area contributed by atoms with Gasteiger partial charge in [0.2, 0.25) is 12.0 Å². The Morgan fingerprint density at radius 3 is 2.83 bits per heavy atom. The van der Waals surface area contributed by atoms with Crippen LogP contribution in [0, 0.1) is 0 Å². The van der Waals surface area contributed by atoms with Crippen molar-refractivity contribution in [3.8, 4) is 17.1 Å². The summed E-state index contributed by atoms with van der Waals surface area (Å²) in [6.45, 7) is 0. The molecule has 2 aromatic heterocycles. The quantitative estimate of drug-likeness (QED) is 0.661. The summed E-state index contributed by atoms with van der Waals surface area (Å²) >= 11 is 6.02. The number of nitrogens with zero attached hydrogens (tertiary/aromatic N) is 1. The van der Waals surface area contributed by atoms with E-state index in [-0.39, 0.29) is 0 Å². The van der Waals surface area contributed by atoms with E-state index in [1.807, 2.05) is 42.6 Å². The van der Waals surface area contributed by atoms with Crippen LogP contribution < -0.4 is 9.31 Å². The minimum absolute atomic E-state index is 0.649. The maximum Gasteiger partial charge on any atom is 0.262 e. The Balaban J connectivity index is 2.22. The standard InChI is InChI=1S/C14H11ClNO2/c1-17-13-6-5-10(15)8-12(13)14-9-11-4-2-3-7-16(11)18-14/h2-9H,1H3/q+1. The first-order chi connectivity index (χ1) is 8.78. The summed E-state index contributed by atoms with van der Waals surface area (Å²) in [5.74, 6) is 1.46. The van der Waals surface area contributed by atoms with Crippen LogP contribution in [0.15, 0.2) is 53.2 Å². The molecule has 0 fully saturated rings. The van der Waals surface area contributed by atoms with Crippen molar-refractivity contribution in [2.24, 2.45) is 0 Å². The summed E-state index contributed by atoms with van der Waals surface area (Å²) in [6.07, 6.45) is 1.86. The minimum atomic E-state index is 0.649. The Hall–Kier alpha value is -2.00. The molecule has 1 aromatic carbocycles. The van der Waals surface area contributed by atoms with Gasteiger partial charge in [-0.05, 0) is 24.3 Å². The van der Waals surface area contributed by atoms with Crippen LogP contribution in [0.3, 0.4) is 0 Å². The molecule has 0 radical (unpaired) electrons. The first-order valence-corrected chi connectivity index (χ1v) is 5.90. The van der Waals surface area contributed by atoms with E-state index in [0.29, 0.717) is 5.02 Å². The fraction of sp³-hybridized carbons (Fsp3) is 0.0714. The molecule has 3 aromatic rings. The van der Waals surface area contributed by atoms with Crippen molar-refractivity contribution >= 4 is 17.1 Å². The summed E-state index contributed by atoms with van der Waals surface area (Å²) < 4.78 is 12.8. The Morgan fingerprint density at radius 2 is 2.06 bits per heavy atom. The summed E-state index contributed by atoms with van der Waals surface area (Å²) in [5.41, 5.74) is 1.82. The van der Waals surface area contributed by atoms with Crippen molar-refractivity contribution in [3.05, 3.63) is 53.7 Å². The van der Waals surface area contributed by atoms with Gasteiger partial charge in [0.05, 0.1) is 18.7 Å². The molecule has 0 spiro atoms. The first kappa shape index (κ1) is 11.1. The predicted octanol–water partition coefficient (Wildman–Crippen LogP) is 3.35. The van der Waals surface area contributed by atoms with E-state index in [1.165, 1.54) is 0 Å². The Kier molecular flexibility index (Phi) is 2.68. The van der Waals surface area contributed by atoms with Gasteiger partial charge in [-0.3, -0.25) is 0 Å². The number of methoxy groups -OCH3 is 1. The third kappa shape index (κ3) is 1.83. The summed E-state index contributed by atoms with van der Waals surface area (Å²) in [5, 5.41) is 0.649. The van der Waals surface area contributed by atoms with Gasteiger partial charge in [0.1, 0.15) is 5.75 Å². The highest BCUT2D eigenvalue weighted by Gasteiger charge is 2.16. The average molecular weight is 261 g/mol. The number of ether oxygens (including phenoxy) is 1. The van der Waals surface area contributed by atoms with Crippen LogP contribution in [0.25, 0.3) is 16.8 Å². The molecule has 0 amide bonds. The molecular weight excluding hydrogens is 250 g/mol. The fourth-order valence-corrected chi connectivity index (χ4v) is 2.07. The van der Waals surface area contributed by atoms with Gasteiger partial charge in [-0.2, -0.15) is 0 Å². The lowest BCUT2D eigenvalue weighted by molar-refractivity contribution is -0.714. The van der Waals surface area contributed by atoms with Gasteiger partial charge >= 0.3 is 0 Å². The molecule has 3 nitrogen and oxygen atoms in total. The number of pyridine rings is 1. The number of rotatable bonds is 2. The molecule has 0 atom stereocenters. The van der Waals surface area contributed by atoms with Gasteiger partial charge in [0, 0.05) is 21.7 Å². The number of halogens is 1. The zero-order valence-electron chi connectivity index (χ0n) is 9.76. The highest BCUT2D eigenvalue weighted by Crippen LogP contribution is 2.32. The number of hydrogen-bond donors (Lipinski definition) is 0. The SMILES string of the molecule is COc1ccc(Cl)cc1-c1cc2cccc[n+]2o1. The molecule has 0 bridgehead atoms. The molecule has 3 rings (SSSR count). The lowest BCUT2D eigenvalue weighted by atomic mass is 10.1. The molecule has 4 heteroatoms. The zero-order valence-corrected chi connectivity index (χ0v) is 10.5. The third-order valence-electron chi connectivity index (χ3n) is 2.76. The van der Waals surface area contributed by atoms with Gasteiger partial charge in [-0.1, -0.05) is 11.6 Å². The monoisotopic (exact) mass is 260 g/mol. The van der Waals surface area contributed by atoms with Crippen LogP contribution in [0.5, 0.6) is 5.75 Å². The minimum Gasteiger partial charge on any atom is -0.496 e. The van der Waals surface area contributed by atoms with Crippen LogP contribution >= 0.6 is 11.6 Å². The third-order valence-corrected chi connectivity index (χ3v) is 2.99. The summed E-state index contributed by atoms with van der Waals surface area (Å²) in [4.78, 5) is 0. The largest absolute Gasteiger partial charge is 0.496 e. The lowest BCUT2D eigenvalue weighted by Crippen LogP contribution is -2.15. The van der Waals surface area contributed by atoms with Crippen LogP contribution in [0.4, 0.5) is 0 Å². The van der Waals surface area contributed by atoms with E-state index in [1.54, 1.807) is 17.7 Å². The zero-order chi connectivity index (χ0) is 12.5. The molecule has 0 saturated heterocycles. The predicted molar refractivity (Wildman–Crippen MR) is 68.9 cm³/mol. The highest BCUT2D eigenvalue weighted by atomic mass is 35.5. The Morgan fingerprint density at radius 1 is 1.17 bits per heavy atom. The smallest absolute Gasteiger partial charge is 0.262 e. The van der Waals surface area contributed by atoms with E-state index in [0.717, 1.165) is 22.6 Å². The van der Waals surface area contributed by atoms with Crippen molar-refractivity contribution < 1.29 is 13.8 Å². The Bertz CT molecular complexity index is 673. The second-order valence-electron chi connectivity index (χ2n) is 3.90. The van der Waals surface area contributed by atoms with Gasteiger partial charge < -0.3 is 4.74 Å². The van der Waals surface area contributed by atoms with E-state index >= 15 is 0 Å². The maximum atomic E-state index is 6.02. The molecule has 0 unspecified atom stereocenters. The van der Waals surface area contributed by atoms with E-state index < -0.39 is 0 Å². The van der Waals surface area contributed by atoms with Crippen LogP contribution in [-0.2, 0) is 0 Å². The number of hydrogen-bond acceptors (Lipinski definition) is 2. The van der Waals surface area contributed by atoms with Gasteiger partial charge in [0.15, 0.2) is 0 Å². The highest BCUT2D eigenvalue weighted by molar-refractivity contribution is 6.30. The average Bonchev–Trinajstić information content (AvgIpc) is 2.82. The normalized spacial score (nSPS) is 10.8. The Labute approximate surface area is 109 Å². The summed E-state index contributed by atoms with van der Waals surface area (Å²) in [7, 11) is 1.63. The molecule has 18 heavy (non-hydrogen) atoms. The molecule has 0 aliphatic carbocycles. The van der Waals surface area contributed by atoms with Crippen molar-refractivity contribution in [3.63, 3.8) is 0 Å². The van der Waals surface area contributed by atoms with Gasteiger partial charge in [0.25, 0.3) is 5.52 Å². The molecule has 0 aliphatic rings. The van der Waals surface area contributed by atoms with Crippen molar-refractivity contribution in [1.29, 1.82) is 0 Å². The fourth-order valence-electron chi connectivity index (χ4n) is 1.90. The molecule has 2 heterocycles. The number of aromatic nitrogens is 1. The molecule has 0 N–H and O–H groups in total. The topological polar surface area (TPSA) is 26.5 Å². The maximum absolute atomic E-state index is 6.02. The van der Waals surface area contributed by atoms with Gasteiger partial charge in [-0.25, -0.2) is 4.52 Å².